The third kappa shape index (κ3) is 4.88. The van der Waals surface area contributed by atoms with Gasteiger partial charge >= 0.3 is 0 Å². The predicted octanol–water partition coefficient (Wildman–Crippen LogP) is 6.37. The molecule has 0 saturated heterocycles. The Bertz CT molecular complexity index is 1340. The number of rotatable bonds is 7. The van der Waals surface area contributed by atoms with Crippen LogP contribution in [-0.2, 0) is 6.54 Å². The molecule has 4 rings (SSSR count). The third-order valence-electron chi connectivity index (χ3n) is 5.85. The molecule has 1 amide bonds. The molecule has 0 radical (unpaired) electrons. The maximum Gasteiger partial charge on any atom is 0.256 e. The summed E-state index contributed by atoms with van der Waals surface area (Å²) >= 11 is 6.14. The summed E-state index contributed by atoms with van der Waals surface area (Å²) in [6, 6.07) is 23.6. The lowest BCUT2D eigenvalue weighted by Crippen LogP contribution is -2.31. The van der Waals surface area contributed by atoms with Gasteiger partial charge in [0.1, 0.15) is 0 Å². The second-order valence-electron chi connectivity index (χ2n) is 8.15. The standard InChI is InChI=1S/C28H25ClN4O/c1-20-7-3-4-9-26(20)33-21(2)25(17-27(33)23-10-12-24(29)13-11-23)28(34)32(16-6-14-30)19-22-8-5-15-31-18-22/h3-5,7-13,15,17-18H,6,16,19H2,1-2H3. The van der Waals surface area contributed by atoms with Crippen molar-refractivity contribution in [1.82, 2.24) is 14.5 Å². The highest BCUT2D eigenvalue weighted by Crippen LogP contribution is 2.32. The number of nitriles is 1. The van der Waals surface area contributed by atoms with E-state index in [1.807, 2.05) is 61.5 Å². The summed E-state index contributed by atoms with van der Waals surface area (Å²) in [4.78, 5) is 19.7. The topological polar surface area (TPSA) is 61.9 Å². The maximum atomic E-state index is 13.8. The highest BCUT2D eigenvalue weighted by atomic mass is 35.5. The average molecular weight is 469 g/mol. The van der Waals surface area contributed by atoms with Gasteiger partial charge in [0, 0.05) is 41.9 Å². The lowest BCUT2D eigenvalue weighted by Gasteiger charge is -2.22. The van der Waals surface area contributed by atoms with Crippen molar-refractivity contribution in [1.29, 1.82) is 5.26 Å². The summed E-state index contributed by atoms with van der Waals surface area (Å²) in [5, 5.41) is 9.83. The van der Waals surface area contributed by atoms with Crippen LogP contribution in [0.4, 0.5) is 0 Å². The molecule has 0 spiro atoms. The number of halogens is 1. The van der Waals surface area contributed by atoms with Crippen LogP contribution in [0, 0.1) is 25.2 Å². The number of para-hydroxylation sites is 1. The third-order valence-corrected chi connectivity index (χ3v) is 6.10. The monoisotopic (exact) mass is 468 g/mol. The fourth-order valence-electron chi connectivity index (χ4n) is 4.10. The molecule has 0 unspecified atom stereocenters. The molecule has 2 aromatic heterocycles. The van der Waals surface area contributed by atoms with Gasteiger partial charge in [-0.25, -0.2) is 0 Å². The lowest BCUT2D eigenvalue weighted by atomic mass is 10.1. The largest absolute Gasteiger partial charge is 0.333 e. The van der Waals surface area contributed by atoms with Crippen molar-refractivity contribution in [3.63, 3.8) is 0 Å². The quantitative estimate of drug-likeness (QED) is 0.317. The van der Waals surface area contributed by atoms with Gasteiger partial charge in [-0.3, -0.25) is 9.78 Å². The van der Waals surface area contributed by atoms with Gasteiger partial charge in [0.2, 0.25) is 0 Å². The molecule has 0 aliphatic rings. The van der Waals surface area contributed by atoms with E-state index in [1.54, 1.807) is 17.3 Å². The van der Waals surface area contributed by atoms with Gasteiger partial charge in [0.05, 0.1) is 23.7 Å². The van der Waals surface area contributed by atoms with E-state index in [0.717, 1.165) is 33.8 Å². The van der Waals surface area contributed by atoms with E-state index >= 15 is 0 Å². The predicted molar refractivity (Wildman–Crippen MR) is 135 cm³/mol. The Labute approximate surface area is 204 Å². The van der Waals surface area contributed by atoms with Crippen molar-refractivity contribution in [3.8, 4) is 23.0 Å². The molecule has 0 atom stereocenters. The van der Waals surface area contributed by atoms with Crippen molar-refractivity contribution < 1.29 is 4.79 Å². The van der Waals surface area contributed by atoms with Crippen LogP contribution < -0.4 is 0 Å². The molecular formula is C28H25ClN4O. The molecule has 2 aromatic carbocycles. The number of amides is 1. The molecule has 4 aromatic rings. The molecule has 0 bridgehead atoms. The summed E-state index contributed by atoms with van der Waals surface area (Å²) in [5.74, 6) is -0.112. The van der Waals surface area contributed by atoms with Crippen LogP contribution in [-0.4, -0.2) is 26.9 Å². The zero-order valence-corrected chi connectivity index (χ0v) is 20.0. The summed E-state index contributed by atoms with van der Waals surface area (Å²) in [5.41, 5.74) is 6.36. The van der Waals surface area contributed by atoms with Crippen LogP contribution in [0.15, 0.2) is 79.1 Å². The first-order valence-electron chi connectivity index (χ1n) is 11.1. The van der Waals surface area contributed by atoms with E-state index in [-0.39, 0.29) is 12.3 Å². The molecule has 170 valence electrons. The first-order valence-corrected chi connectivity index (χ1v) is 11.5. The van der Waals surface area contributed by atoms with Crippen LogP contribution >= 0.6 is 11.6 Å². The van der Waals surface area contributed by atoms with Crippen molar-refractivity contribution in [2.24, 2.45) is 0 Å². The number of carbonyl (C=O) groups excluding carboxylic acids is 1. The second kappa shape index (κ2) is 10.4. The minimum atomic E-state index is -0.112. The van der Waals surface area contributed by atoms with Crippen LogP contribution in [0.3, 0.4) is 0 Å². The Morgan fingerprint density at radius 3 is 2.53 bits per heavy atom. The SMILES string of the molecule is Cc1ccccc1-n1c(-c2ccc(Cl)cc2)cc(C(=O)N(CCC#N)Cc2cccnc2)c1C. The van der Waals surface area contributed by atoms with Crippen molar-refractivity contribution in [2.45, 2.75) is 26.8 Å². The smallest absolute Gasteiger partial charge is 0.256 e. The fourth-order valence-corrected chi connectivity index (χ4v) is 4.23. The minimum Gasteiger partial charge on any atom is -0.333 e. The van der Waals surface area contributed by atoms with Gasteiger partial charge in [-0.1, -0.05) is 48.0 Å². The number of hydrogen-bond acceptors (Lipinski definition) is 3. The number of benzene rings is 2. The van der Waals surface area contributed by atoms with Gasteiger partial charge in [-0.2, -0.15) is 5.26 Å². The highest BCUT2D eigenvalue weighted by Gasteiger charge is 2.24. The molecule has 0 N–H and O–H groups in total. The van der Waals surface area contributed by atoms with Gasteiger partial charge in [-0.05, 0) is 60.9 Å². The van der Waals surface area contributed by atoms with Crippen LogP contribution in [0.25, 0.3) is 16.9 Å². The highest BCUT2D eigenvalue weighted by molar-refractivity contribution is 6.30. The first kappa shape index (κ1) is 23.3. The van der Waals surface area contributed by atoms with Gasteiger partial charge in [0.15, 0.2) is 0 Å². The molecule has 34 heavy (non-hydrogen) atoms. The Balaban J connectivity index is 1.83. The van der Waals surface area contributed by atoms with E-state index in [9.17, 15) is 10.1 Å². The van der Waals surface area contributed by atoms with Crippen molar-refractivity contribution >= 4 is 17.5 Å². The zero-order chi connectivity index (χ0) is 24.1. The molecule has 6 heteroatoms. The Morgan fingerprint density at radius 2 is 1.85 bits per heavy atom. The normalized spacial score (nSPS) is 10.6. The number of aromatic nitrogens is 2. The van der Waals surface area contributed by atoms with E-state index in [1.165, 1.54) is 0 Å². The summed E-state index contributed by atoms with van der Waals surface area (Å²) in [7, 11) is 0. The molecule has 0 aliphatic carbocycles. The number of pyridine rings is 1. The van der Waals surface area contributed by atoms with E-state index in [0.29, 0.717) is 23.7 Å². The number of aryl methyl sites for hydroxylation is 1. The van der Waals surface area contributed by atoms with E-state index in [4.69, 9.17) is 11.6 Å². The summed E-state index contributed by atoms with van der Waals surface area (Å²) in [6.45, 7) is 4.75. The first-order chi connectivity index (χ1) is 16.5. The Hall–Kier alpha value is -3.88. The van der Waals surface area contributed by atoms with Gasteiger partial charge in [0.25, 0.3) is 5.91 Å². The molecule has 5 nitrogen and oxygen atoms in total. The van der Waals surface area contributed by atoms with Gasteiger partial charge in [-0.15, -0.1) is 0 Å². The van der Waals surface area contributed by atoms with Crippen molar-refractivity contribution in [2.75, 3.05) is 6.54 Å². The minimum absolute atomic E-state index is 0.112. The number of nitrogens with zero attached hydrogens (tertiary/aromatic N) is 4. The fraction of sp³-hybridized carbons (Fsp3) is 0.179. The summed E-state index contributed by atoms with van der Waals surface area (Å²) in [6.07, 6.45) is 3.71. The Kier molecular flexibility index (Phi) is 7.10. The molecule has 0 saturated carbocycles. The van der Waals surface area contributed by atoms with E-state index < -0.39 is 0 Å². The maximum absolute atomic E-state index is 13.8. The number of hydrogen-bond donors (Lipinski definition) is 0. The van der Waals surface area contributed by atoms with Crippen LogP contribution in [0.5, 0.6) is 0 Å². The summed E-state index contributed by atoms with van der Waals surface area (Å²) < 4.78 is 2.12. The lowest BCUT2D eigenvalue weighted by molar-refractivity contribution is 0.0746. The number of carbonyl (C=O) groups is 1. The molecule has 2 heterocycles. The van der Waals surface area contributed by atoms with E-state index in [2.05, 4.69) is 34.7 Å². The Morgan fingerprint density at radius 1 is 1.09 bits per heavy atom. The average Bonchev–Trinajstić information content (AvgIpc) is 3.19. The van der Waals surface area contributed by atoms with Crippen LogP contribution in [0.1, 0.15) is 33.6 Å². The van der Waals surface area contributed by atoms with Gasteiger partial charge < -0.3 is 9.47 Å². The zero-order valence-electron chi connectivity index (χ0n) is 19.2. The molecular weight excluding hydrogens is 444 g/mol. The van der Waals surface area contributed by atoms with Crippen molar-refractivity contribution in [3.05, 3.63) is 107 Å². The second-order valence-corrected chi connectivity index (χ2v) is 8.59. The van der Waals surface area contributed by atoms with Crippen LogP contribution in [0.2, 0.25) is 5.02 Å². The molecule has 0 fully saturated rings. The molecule has 0 aliphatic heterocycles.